The number of amides is 1. The van der Waals surface area contributed by atoms with Gasteiger partial charge in [-0.1, -0.05) is 0 Å². The van der Waals surface area contributed by atoms with E-state index in [1.54, 1.807) is 23.2 Å². The molecule has 1 N–H and O–H groups in total. The van der Waals surface area contributed by atoms with Crippen molar-refractivity contribution < 1.29 is 14.3 Å². The number of hydrogen-bond acceptors (Lipinski definition) is 6. The highest BCUT2D eigenvalue weighted by Crippen LogP contribution is 2.07. The molecule has 0 aliphatic rings. The van der Waals surface area contributed by atoms with E-state index in [4.69, 9.17) is 4.74 Å². The Balaban J connectivity index is 1.85. The summed E-state index contributed by atoms with van der Waals surface area (Å²) in [6.45, 7) is 5.86. The van der Waals surface area contributed by atoms with Gasteiger partial charge in [-0.2, -0.15) is 0 Å². The van der Waals surface area contributed by atoms with Crippen LogP contribution in [0, 0.1) is 0 Å². The number of aldehydes is 1. The topological polar surface area (TPSA) is 99.0 Å². The fourth-order valence-electron chi connectivity index (χ4n) is 1.74. The highest BCUT2D eigenvalue weighted by molar-refractivity contribution is 5.71. The first-order chi connectivity index (χ1) is 10.9. The van der Waals surface area contributed by atoms with E-state index in [0.717, 1.165) is 5.56 Å². The first-order valence-corrected chi connectivity index (χ1v) is 7.15. The third-order valence-electron chi connectivity index (χ3n) is 2.73. The SMILES string of the molecule is CC(C)(C)OC(=O)NCCc1cnc(-n2cnc(C=O)c2)nc1. The lowest BCUT2D eigenvalue weighted by atomic mass is 10.2. The number of nitrogens with zero attached hydrogens (tertiary/aromatic N) is 4. The summed E-state index contributed by atoms with van der Waals surface area (Å²) in [6, 6.07) is 0. The van der Waals surface area contributed by atoms with Gasteiger partial charge in [0.2, 0.25) is 5.95 Å². The first-order valence-electron chi connectivity index (χ1n) is 7.15. The average molecular weight is 317 g/mol. The van der Waals surface area contributed by atoms with E-state index in [1.807, 2.05) is 20.8 Å². The van der Waals surface area contributed by atoms with Crippen molar-refractivity contribution in [1.29, 1.82) is 0 Å². The molecule has 0 atom stereocenters. The molecule has 122 valence electrons. The normalized spacial score (nSPS) is 11.1. The number of alkyl carbamates (subject to hydrolysis) is 1. The van der Waals surface area contributed by atoms with Gasteiger partial charge in [0.25, 0.3) is 0 Å². The van der Waals surface area contributed by atoms with Crippen LogP contribution in [0.5, 0.6) is 0 Å². The third-order valence-corrected chi connectivity index (χ3v) is 2.73. The van der Waals surface area contributed by atoms with E-state index in [9.17, 15) is 9.59 Å². The maximum Gasteiger partial charge on any atom is 0.407 e. The van der Waals surface area contributed by atoms with Gasteiger partial charge in [-0.15, -0.1) is 0 Å². The standard InChI is InChI=1S/C15H19N5O3/c1-15(2,3)23-14(22)16-5-4-11-6-17-13(18-7-11)20-8-12(9-21)19-10-20/h6-10H,4-5H2,1-3H3,(H,16,22). The summed E-state index contributed by atoms with van der Waals surface area (Å²) in [5, 5.41) is 2.67. The molecule has 0 saturated carbocycles. The molecule has 0 aliphatic heterocycles. The van der Waals surface area contributed by atoms with Crippen molar-refractivity contribution in [3.8, 4) is 5.95 Å². The first kappa shape index (κ1) is 16.6. The van der Waals surface area contributed by atoms with Crippen LogP contribution < -0.4 is 5.32 Å². The molecular weight excluding hydrogens is 298 g/mol. The Morgan fingerprint density at radius 3 is 2.57 bits per heavy atom. The largest absolute Gasteiger partial charge is 0.444 e. The number of carbonyl (C=O) groups excluding carboxylic acids is 2. The number of aromatic nitrogens is 4. The quantitative estimate of drug-likeness (QED) is 0.840. The molecule has 1 amide bonds. The number of ether oxygens (including phenoxy) is 1. The molecule has 0 unspecified atom stereocenters. The van der Waals surface area contributed by atoms with Crippen molar-refractivity contribution in [1.82, 2.24) is 24.8 Å². The van der Waals surface area contributed by atoms with Crippen molar-refractivity contribution in [2.75, 3.05) is 6.54 Å². The van der Waals surface area contributed by atoms with Crippen LogP contribution in [0.4, 0.5) is 4.79 Å². The van der Waals surface area contributed by atoms with E-state index in [2.05, 4.69) is 20.3 Å². The molecule has 0 aliphatic carbocycles. The Morgan fingerprint density at radius 1 is 1.30 bits per heavy atom. The lowest BCUT2D eigenvalue weighted by Gasteiger charge is -2.19. The summed E-state index contributed by atoms with van der Waals surface area (Å²) in [5.74, 6) is 0.425. The lowest BCUT2D eigenvalue weighted by molar-refractivity contribution is 0.0528. The number of hydrogen-bond donors (Lipinski definition) is 1. The smallest absolute Gasteiger partial charge is 0.407 e. The molecule has 2 rings (SSSR count). The molecule has 0 radical (unpaired) electrons. The van der Waals surface area contributed by atoms with Gasteiger partial charge in [0.05, 0.1) is 0 Å². The molecule has 2 aromatic rings. The maximum absolute atomic E-state index is 11.5. The molecule has 0 spiro atoms. The van der Waals surface area contributed by atoms with Gasteiger partial charge in [0, 0.05) is 25.1 Å². The van der Waals surface area contributed by atoms with Crippen LogP contribution in [0.3, 0.4) is 0 Å². The van der Waals surface area contributed by atoms with Crippen LogP contribution in [0.1, 0.15) is 36.8 Å². The number of nitrogens with one attached hydrogen (secondary N) is 1. The zero-order valence-corrected chi connectivity index (χ0v) is 13.3. The summed E-state index contributed by atoms with van der Waals surface area (Å²) >= 11 is 0. The Bertz CT molecular complexity index is 673. The van der Waals surface area contributed by atoms with Crippen LogP contribution in [0.2, 0.25) is 0 Å². The van der Waals surface area contributed by atoms with E-state index >= 15 is 0 Å². The monoisotopic (exact) mass is 317 g/mol. The van der Waals surface area contributed by atoms with E-state index < -0.39 is 11.7 Å². The molecule has 2 aromatic heterocycles. The van der Waals surface area contributed by atoms with Gasteiger partial charge in [-0.3, -0.25) is 9.36 Å². The second-order valence-corrected chi connectivity index (χ2v) is 5.89. The average Bonchev–Trinajstić information content (AvgIpc) is 2.95. The predicted molar refractivity (Wildman–Crippen MR) is 82.5 cm³/mol. The Kier molecular flexibility index (Phi) is 5.05. The highest BCUT2D eigenvalue weighted by atomic mass is 16.6. The molecule has 0 bridgehead atoms. The summed E-state index contributed by atoms with van der Waals surface area (Å²) in [5.41, 5.74) is 0.680. The Labute approximate surface area is 133 Å². The minimum absolute atomic E-state index is 0.319. The molecular formula is C15H19N5O3. The second-order valence-electron chi connectivity index (χ2n) is 5.89. The van der Waals surface area contributed by atoms with Crippen LogP contribution >= 0.6 is 0 Å². The lowest BCUT2D eigenvalue weighted by Crippen LogP contribution is -2.33. The van der Waals surface area contributed by atoms with Gasteiger partial charge < -0.3 is 10.1 Å². The van der Waals surface area contributed by atoms with Crippen LogP contribution in [-0.4, -0.2) is 44.0 Å². The maximum atomic E-state index is 11.5. The van der Waals surface area contributed by atoms with Crippen LogP contribution in [-0.2, 0) is 11.2 Å². The van der Waals surface area contributed by atoms with Crippen molar-refractivity contribution in [3.63, 3.8) is 0 Å². The summed E-state index contributed by atoms with van der Waals surface area (Å²) < 4.78 is 6.71. The molecule has 0 saturated heterocycles. The van der Waals surface area contributed by atoms with Gasteiger partial charge in [0.15, 0.2) is 6.29 Å². The Morgan fingerprint density at radius 2 is 2.00 bits per heavy atom. The fourth-order valence-corrected chi connectivity index (χ4v) is 1.74. The van der Waals surface area contributed by atoms with Crippen LogP contribution in [0.25, 0.3) is 5.95 Å². The van der Waals surface area contributed by atoms with Gasteiger partial charge >= 0.3 is 6.09 Å². The fraction of sp³-hybridized carbons (Fsp3) is 0.400. The van der Waals surface area contributed by atoms with Crippen molar-refractivity contribution in [2.24, 2.45) is 0 Å². The van der Waals surface area contributed by atoms with Gasteiger partial charge in [-0.05, 0) is 32.8 Å². The zero-order chi connectivity index (χ0) is 16.9. The summed E-state index contributed by atoms with van der Waals surface area (Å²) in [4.78, 5) is 34.4. The van der Waals surface area contributed by atoms with Crippen molar-refractivity contribution in [2.45, 2.75) is 32.8 Å². The molecule has 8 heteroatoms. The zero-order valence-electron chi connectivity index (χ0n) is 13.3. The summed E-state index contributed by atoms with van der Waals surface area (Å²) in [7, 11) is 0. The predicted octanol–water partition coefficient (Wildman–Crippen LogP) is 1.54. The second kappa shape index (κ2) is 6.99. The molecule has 23 heavy (non-hydrogen) atoms. The highest BCUT2D eigenvalue weighted by Gasteiger charge is 2.15. The molecule has 8 nitrogen and oxygen atoms in total. The van der Waals surface area contributed by atoms with E-state index in [-0.39, 0.29) is 0 Å². The molecule has 2 heterocycles. The minimum atomic E-state index is -0.514. The van der Waals surface area contributed by atoms with Crippen molar-refractivity contribution >= 4 is 12.4 Å². The number of rotatable bonds is 5. The number of carbonyl (C=O) groups is 2. The number of imidazole rings is 1. The van der Waals surface area contributed by atoms with E-state index in [0.29, 0.717) is 30.9 Å². The molecule has 0 aromatic carbocycles. The summed E-state index contributed by atoms with van der Waals surface area (Å²) in [6.07, 6.45) is 7.15. The van der Waals surface area contributed by atoms with Gasteiger partial charge in [-0.25, -0.2) is 19.7 Å². The minimum Gasteiger partial charge on any atom is -0.444 e. The molecule has 0 fully saturated rings. The van der Waals surface area contributed by atoms with Crippen LogP contribution in [0.15, 0.2) is 24.9 Å². The van der Waals surface area contributed by atoms with Crippen molar-refractivity contribution in [3.05, 3.63) is 36.2 Å². The Hall–Kier alpha value is -2.77. The van der Waals surface area contributed by atoms with Gasteiger partial charge in [0.1, 0.15) is 17.6 Å². The third kappa shape index (κ3) is 5.17. The van der Waals surface area contributed by atoms with E-state index in [1.165, 1.54) is 6.33 Å².